The highest BCUT2D eigenvalue weighted by atomic mass is 32.1. The van der Waals surface area contributed by atoms with Crippen molar-refractivity contribution in [1.29, 1.82) is 0 Å². The highest BCUT2D eigenvalue weighted by Crippen LogP contribution is 2.16. The van der Waals surface area contributed by atoms with Gasteiger partial charge in [-0.1, -0.05) is 0 Å². The average molecular weight is 349 g/mol. The number of benzene rings is 1. The first-order valence-electron chi connectivity index (χ1n) is 7.47. The molecule has 128 valence electrons. The summed E-state index contributed by atoms with van der Waals surface area (Å²) < 4.78 is 12.8. The molecule has 0 aliphatic carbocycles. The first-order valence-corrected chi connectivity index (χ1v) is 8.35. The van der Waals surface area contributed by atoms with E-state index in [1.807, 2.05) is 30.3 Å². The van der Waals surface area contributed by atoms with Gasteiger partial charge in [-0.25, -0.2) is 4.39 Å². The van der Waals surface area contributed by atoms with Crippen molar-refractivity contribution in [2.24, 2.45) is 0 Å². The molecule has 0 saturated carbocycles. The number of anilines is 1. The first-order chi connectivity index (χ1) is 11.4. The predicted molar refractivity (Wildman–Crippen MR) is 93.4 cm³/mol. The summed E-state index contributed by atoms with van der Waals surface area (Å²) in [6.45, 7) is 2.82. The standard InChI is InChI=1S/C17H20FN3O2S/c1-12-7-8-24-15(12)10-21(2)11-17(23)19-9-16(22)20-14-5-3-13(18)4-6-14/h3-8H,9-11H2,1-2H3,(H,19,23)(H,20,22). The zero-order valence-electron chi connectivity index (χ0n) is 13.6. The van der Waals surface area contributed by atoms with Crippen molar-refractivity contribution in [3.05, 3.63) is 52.0 Å². The minimum absolute atomic E-state index is 0.123. The second-order valence-electron chi connectivity index (χ2n) is 5.53. The van der Waals surface area contributed by atoms with Crippen LogP contribution in [0, 0.1) is 12.7 Å². The van der Waals surface area contributed by atoms with Crippen LogP contribution in [-0.4, -0.2) is 36.9 Å². The van der Waals surface area contributed by atoms with Crippen LogP contribution in [0.5, 0.6) is 0 Å². The molecule has 0 bridgehead atoms. The number of thiophene rings is 1. The number of halogens is 1. The SMILES string of the molecule is Cc1ccsc1CN(C)CC(=O)NCC(=O)Nc1ccc(F)cc1. The van der Waals surface area contributed by atoms with Crippen LogP contribution in [0.2, 0.25) is 0 Å². The third kappa shape index (κ3) is 5.75. The van der Waals surface area contributed by atoms with E-state index in [9.17, 15) is 14.0 Å². The summed E-state index contributed by atoms with van der Waals surface area (Å²) in [5, 5.41) is 7.19. The second kappa shape index (κ2) is 8.56. The van der Waals surface area contributed by atoms with Gasteiger partial charge < -0.3 is 10.6 Å². The number of amides is 2. The van der Waals surface area contributed by atoms with Crippen LogP contribution < -0.4 is 10.6 Å². The van der Waals surface area contributed by atoms with Gasteiger partial charge in [0.05, 0.1) is 13.1 Å². The zero-order chi connectivity index (χ0) is 17.5. The number of aryl methyl sites for hydroxylation is 1. The third-order valence-corrected chi connectivity index (χ3v) is 4.38. The first kappa shape index (κ1) is 18.1. The highest BCUT2D eigenvalue weighted by Gasteiger charge is 2.10. The lowest BCUT2D eigenvalue weighted by Gasteiger charge is -2.16. The molecule has 1 aromatic carbocycles. The van der Waals surface area contributed by atoms with Gasteiger partial charge in [0.25, 0.3) is 0 Å². The fourth-order valence-corrected chi connectivity index (χ4v) is 3.07. The molecule has 5 nitrogen and oxygen atoms in total. The Kier molecular flexibility index (Phi) is 6.45. The Morgan fingerprint density at radius 1 is 1.17 bits per heavy atom. The quantitative estimate of drug-likeness (QED) is 0.807. The maximum atomic E-state index is 12.8. The van der Waals surface area contributed by atoms with E-state index >= 15 is 0 Å². The van der Waals surface area contributed by atoms with E-state index in [-0.39, 0.29) is 30.7 Å². The summed E-state index contributed by atoms with van der Waals surface area (Å²) in [5.74, 6) is -0.946. The van der Waals surface area contributed by atoms with Crippen LogP contribution in [0.4, 0.5) is 10.1 Å². The van der Waals surface area contributed by atoms with E-state index < -0.39 is 0 Å². The maximum absolute atomic E-state index is 12.8. The Morgan fingerprint density at radius 2 is 1.88 bits per heavy atom. The zero-order valence-corrected chi connectivity index (χ0v) is 14.5. The lowest BCUT2D eigenvalue weighted by molar-refractivity contribution is -0.124. The number of nitrogens with one attached hydrogen (secondary N) is 2. The number of carbonyl (C=O) groups is 2. The van der Waals surface area contributed by atoms with Crippen molar-refractivity contribution in [3.8, 4) is 0 Å². The van der Waals surface area contributed by atoms with Gasteiger partial charge in [0, 0.05) is 17.1 Å². The summed E-state index contributed by atoms with van der Waals surface area (Å²) in [6.07, 6.45) is 0. The van der Waals surface area contributed by atoms with E-state index in [4.69, 9.17) is 0 Å². The van der Waals surface area contributed by atoms with Gasteiger partial charge in [-0.15, -0.1) is 11.3 Å². The van der Waals surface area contributed by atoms with E-state index in [1.165, 1.54) is 34.7 Å². The summed E-state index contributed by atoms with van der Waals surface area (Å²) >= 11 is 1.66. The number of hydrogen-bond donors (Lipinski definition) is 2. The molecular weight excluding hydrogens is 329 g/mol. The van der Waals surface area contributed by atoms with Gasteiger partial charge in [-0.2, -0.15) is 0 Å². The molecule has 24 heavy (non-hydrogen) atoms. The fraction of sp³-hybridized carbons (Fsp3) is 0.294. The largest absolute Gasteiger partial charge is 0.346 e. The van der Waals surface area contributed by atoms with Gasteiger partial charge >= 0.3 is 0 Å². The van der Waals surface area contributed by atoms with Crippen LogP contribution in [0.15, 0.2) is 35.7 Å². The number of hydrogen-bond acceptors (Lipinski definition) is 4. The molecule has 0 atom stereocenters. The molecular formula is C17H20FN3O2S. The fourth-order valence-electron chi connectivity index (χ4n) is 2.09. The predicted octanol–water partition coefficient (Wildman–Crippen LogP) is 2.38. The van der Waals surface area contributed by atoms with Crippen molar-refractivity contribution in [3.63, 3.8) is 0 Å². The molecule has 0 radical (unpaired) electrons. The number of rotatable bonds is 7. The molecule has 7 heteroatoms. The summed E-state index contributed by atoms with van der Waals surface area (Å²) in [4.78, 5) is 26.8. The van der Waals surface area contributed by atoms with Crippen LogP contribution in [0.1, 0.15) is 10.4 Å². The smallest absolute Gasteiger partial charge is 0.243 e. The molecule has 0 unspecified atom stereocenters. The number of likely N-dealkylation sites (N-methyl/N-ethyl adjacent to an activating group) is 1. The van der Waals surface area contributed by atoms with E-state index in [0.29, 0.717) is 12.2 Å². The Labute approximate surface area is 144 Å². The summed E-state index contributed by atoms with van der Waals surface area (Å²) in [7, 11) is 1.86. The lowest BCUT2D eigenvalue weighted by Crippen LogP contribution is -2.39. The maximum Gasteiger partial charge on any atom is 0.243 e. The molecule has 0 fully saturated rings. The minimum Gasteiger partial charge on any atom is -0.346 e. The molecule has 2 aromatic rings. The van der Waals surface area contributed by atoms with E-state index in [0.717, 1.165) is 0 Å². The third-order valence-electron chi connectivity index (χ3n) is 3.37. The number of nitrogens with zero attached hydrogens (tertiary/aromatic N) is 1. The highest BCUT2D eigenvalue weighted by molar-refractivity contribution is 7.10. The summed E-state index contributed by atoms with van der Waals surface area (Å²) in [5.41, 5.74) is 1.70. The van der Waals surface area contributed by atoms with Crippen molar-refractivity contribution in [2.75, 3.05) is 25.5 Å². The van der Waals surface area contributed by atoms with Crippen LogP contribution in [0.25, 0.3) is 0 Å². The van der Waals surface area contributed by atoms with Crippen molar-refractivity contribution in [1.82, 2.24) is 10.2 Å². The molecule has 2 amide bonds. The monoisotopic (exact) mass is 349 g/mol. The Hall–Kier alpha value is -2.25. The molecule has 2 rings (SSSR count). The number of carbonyl (C=O) groups excluding carboxylic acids is 2. The molecule has 0 spiro atoms. The Balaban J connectivity index is 1.71. The molecule has 0 aliphatic rings. The molecule has 0 aliphatic heterocycles. The van der Waals surface area contributed by atoms with Gasteiger partial charge in [0.1, 0.15) is 5.82 Å². The van der Waals surface area contributed by atoms with E-state index in [1.54, 1.807) is 11.3 Å². The van der Waals surface area contributed by atoms with Gasteiger partial charge in [0.15, 0.2) is 0 Å². The van der Waals surface area contributed by atoms with Gasteiger partial charge in [0.2, 0.25) is 11.8 Å². The Bertz CT molecular complexity index is 700. The molecule has 0 saturated heterocycles. The van der Waals surface area contributed by atoms with Crippen molar-refractivity contribution in [2.45, 2.75) is 13.5 Å². The molecule has 1 aromatic heterocycles. The second-order valence-corrected chi connectivity index (χ2v) is 6.53. The average Bonchev–Trinajstić information content (AvgIpc) is 2.92. The van der Waals surface area contributed by atoms with Crippen LogP contribution >= 0.6 is 11.3 Å². The van der Waals surface area contributed by atoms with Gasteiger partial charge in [-0.3, -0.25) is 14.5 Å². The van der Waals surface area contributed by atoms with Crippen LogP contribution in [-0.2, 0) is 16.1 Å². The van der Waals surface area contributed by atoms with Crippen LogP contribution in [0.3, 0.4) is 0 Å². The topological polar surface area (TPSA) is 61.4 Å². The Morgan fingerprint density at radius 3 is 2.50 bits per heavy atom. The summed E-state index contributed by atoms with van der Waals surface area (Å²) in [6, 6.07) is 7.50. The minimum atomic E-state index is -0.370. The molecule has 2 N–H and O–H groups in total. The van der Waals surface area contributed by atoms with Crippen molar-refractivity contribution >= 4 is 28.8 Å². The lowest BCUT2D eigenvalue weighted by atomic mass is 10.3. The normalized spacial score (nSPS) is 10.7. The van der Waals surface area contributed by atoms with E-state index in [2.05, 4.69) is 10.6 Å². The van der Waals surface area contributed by atoms with Crippen molar-refractivity contribution < 1.29 is 14.0 Å². The van der Waals surface area contributed by atoms with Gasteiger partial charge in [-0.05, 0) is 55.2 Å². The molecule has 1 heterocycles.